The van der Waals surface area contributed by atoms with Gasteiger partial charge in [0.15, 0.2) is 0 Å². The van der Waals surface area contributed by atoms with E-state index in [0.29, 0.717) is 25.9 Å². The van der Waals surface area contributed by atoms with E-state index in [9.17, 15) is 14.4 Å². The lowest BCUT2D eigenvalue weighted by Gasteiger charge is -2.31. The van der Waals surface area contributed by atoms with Crippen molar-refractivity contribution in [3.05, 3.63) is 50.8 Å². The molecule has 3 rings (SSSR count). The summed E-state index contributed by atoms with van der Waals surface area (Å²) in [5.41, 5.74) is 1.08. The molecule has 1 fully saturated rings. The van der Waals surface area contributed by atoms with Crippen molar-refractivity contribution in [1.29, 1.82) is 0 Å². The molecule has 1 saturated heterocycles. The Morgan fingerprint density at radius 3 is 2.50 bits per heavy atom. The summed E-state index contributed by atoms with van der Waals surface area (Å²) in [6, 6.07) is 7.43. The Morgan fingerprint density at radius 2 is 1.88 bits per heavy atom. The zero-order chi connectivity index (χ0) is 17.1. The number of hydrogen-bond acceptors (Lipinski definition) is 3. The number of anilines is 1. The minimum Gasteiger partial charge on any atom is -0.324 e. The highest BCUT2D eigenvalue weighted by Gasteiger charge is 2.26. The van der Waals surface area contributed by atoms with Crippen LogP contribution in [0.2, 0.25) is 0 Å². The van der Waals surface area contributed by atoms with Gasteiger partial charge in [0.05, 0.1) is 0 Å². The van der Waals surface area contributed by atoms with Gasteiger partial charge in [0.25, 0.3) is 0 Å². The van der Waals surface area contributed by atoms with Crippen LogP contribution in [0.25, 0.3) is 0 Å². The van der Waals surface area contributed by atoms with Gasteiger partial charge >= 0.3 is 17.4 Å². The van der Waals surface area contributed by atoms with Crippen LogP contribution in [-0.4, -0.2) is 38.8 Å². The fourth-order valence-corrected chi connectivity index (χ4v) is 3.05. The second-order valence-corrected chi connectivity index (χ2v) is 5.93. The Morgan fingerprint density at radius 1 is 1.21 bits per heavy atom. The minimum absolute atomic E-state index is 0.156. The van der Waals surface area contributed by atoms with E-state index in [1.54, 1.807) is 4.90 Å². The summed E-state index contributed by atoms with van der Waals surface area (Å²) in [6.45, 7) is 3.07. The number of hydrogen-bond donors (Lipinski definition) is 3. The van der Waals surface area contributed by atoms with Gasteiger partial charge in [-0.1, -0.05) is 19.1 Å². The third kappa shape index (κ3) is 3.27. The number of rotatable bonds is 3. The number of aromatic amines is 2. The van der Waals surface area contributed by atoms with E-state index in [1.807, 2.05) is 24.3 Å². The Labute approximate surface area is 138 Å². The summed E-state index contributed by atoms with van der Waals surface area (Å²) in [7, 11) is 0. The molecule has 1 aromatic carbocycles. The maximum Gasteiger partial charge on any atom is 0.344 e. The predicted octanol–water partition coefficient (Wildman–Crippen LogP) is 1.30. The molecule has 2 aromatic rings. The number of carbonyl (C=O) groups is 1. The first-order valence-corrected chi connectivity index (χ1v) is 8.12. The molecule has 0 spiro atoms. The molecule has 0 radical (unpaired) electrons. The molecule has 2 heterocycles. The van der Waals surface area contributed by atoms with Gasteiger partial charge in [0, 0.05) is 24.8 Å². The molecule has 8 heteroatoms. The summed E-state index contributed by atoms with van der Waals surface area (Å²) in [5, 5.41) is 7.48. The normalized spacial score (nSPS) is 15.5. The number of H-pyrrole nitrogens is 2. The molecule has 1 aliphatic heterocycles. The molecule has 1 aromatic heterocycles. The lowest BCUT2D eigenvalue weighted by molar-refractivity contribution is 0.182. The van der Waals surface area contributed by atoms with Crippen LogP contribution in [-0.2, 0) is 6.42 Å². The summed E-state index contributed by atoms with van der Waals surface area (Å²) in [5.74, 6) is 0. The van der Waals surface area contributed by atoms with Crippen molar-refractivity contribution in [3.8, 4) is 0 Å². The monoisotopic (exact) mass is 331 g/mol. The first-order valence-electron chi connectivity index (χ1n) is 8.12. The number of likely N-dealkylation sites (tertiary alicyclic amines) is 1. The fraction of sp³-hybridized carbons (Fsp3) is 0.438. The third-order valence-electron chi connectivity index (χ3n) is 4.42. The average molecular weight is 331 g/mol. The van der Waals surface area contributed by atoms with Gasteiger partial charge < -0.3 is 10.2 Å². The number of nitrogens with one attached hydrogen (secondary N) is 3. The standard InChI is InChI=1S/C16H21N5O3/c1-2-11-4-3-5-12(10-11)17-14(22)20-8-6-13(7-9-20)21-15(23)18-19-16(21)24/h3-5,10,13H,2,6-9H2,1H3,(H,17,22)(H,18,23)(H,19,24). The van der Waals surface area contributed by atoms with Crippen molar-refractivity contribution in [1.82, 2.24) is 19.7 Å². The minimum atomic E-state index is -0.431. The van der Waals surface area contributed by atoms with Gasteiger partial charge in [-0.05, 0) is 37.0 Å². The van der Waals surface area contributed by atoms with Gasteiger partial charge in [-0.3, -0.25) is 0 Å². The molecule has 0 atom stereocenters. The van der Waals surface area contributed by atoms with Crippen LogP contribution in [0.4, 0.5) is 10.5 Å². The molecule has 3 N–H and O–H groups in total. The highest BCUT2D eigenvalue weighted by atomic mass is 16.2. The van der Waals surface area contributed by atoms with Gasteiger partial charge in [-0.15, -0.1) is 0 Å². The number of aromatic nitrogens is 3. The lowest BCUT2D eigenvalue weighted by Crippen LogP contribution is -2.44. The number of nitrogens with zero attached hydrogens (tertiary/aromatic N) is 2. The molecule has 24 heavy (non-hydrogen) atoms. The quantitative estimate of drug-likeness (QED) is 0.789. The fourth-order valence-electron chi connectivity index (χ4n) is 3.05. The molecule has 0 saturated carbocycles. The van der Waals surface area contributed by atoms with E-state index in [0.717, 1.165) is 17.7 Å². The number of urea groups is 1. The first kappa shape index (κ1) is 16.1. The van der Waals surface area contributed by atoms with E-state index in [4.69, 9.17) is 0 Å². The van der Waals surface area contributed by atoms with Crippen LogP contribution in [0, 0.1) is 0 Å². The predicted molar refractivity (Wildman–Crippen MR) is 90.4 cm³/mol. The summed E-state index contributed by atoms with van der Waals surface area (Å²) < 4.78 is 1.19. The van der Waals surface area contributed by atoms with Crippen LogP contribution >= 0.6 is 0 Å². The molecule has 2 amide bonds. The van der Waals surface area contributed by atoms with Crippen LogP contribution < -0.4 is 16.7 Å². The van der Waals surface area contributed by atoms with Crippen molar-refractivity contribution in [2.24, 2.45) is 0 Å². The van der Waals surface area contributed by atoms with Crippen LogP contribution in [0.15, 0.2) is 33.9 Å². The molecule has 128 valence electrons. The Kier molecular flexibility index (Phi) is 4.54. The van der Waals surface area contributed by atoms with Crippen molar-refractivity contribution in [2.75, 3.05) is 18.4 Å². The first-order chi connectivity index (χ1) is 11.6. The van der Waals surface area contributed by atoms with Gasteiger partial charge in [-0.2, -0.15) is 0 Å². The van der Waals surface area contributed by atoms with E-state index < -0.39 is 11.4 Å². The topological polar surface area (TPSA) is 103 Å². The number of carbonyl (C=O) groups excluding carboxylic acids is 1. The van der Waals surface area contributed by atoms with Gasteiger partial charge in [0.1, 0.15) is 0 Å². The maximum atomic E-state index is 12.4. The highest BCUT2D eigenvalue weighted by Crippen LogP contribution is 2.20. The van der Waals surface area contributed by atoms with Crippen molar-refractivity contribution < 1.29 is 4.79 Å². The highest BCUT2D eigenvalue weighted by molar-refractivity contribution is 5.89. The molecule has 0 unspecified atom stereocenters. The average Bonchev–Trinajstić information content (AvgIpc) is 2.94. The SMILES string of the molecule is CCc1cccc(NC(=O)N2CCC(n3c(=O)[nH][nH]c3=O)CC2)c1. The molecular weight excluding hydrogens is 310 g/mol. The van der Waals surface area contributed by atoms with Gasteiger partial charge in [0.2, 0.25) is 0 Å². The molecule has 0 bridgehead atoms. The van der Waals surface area contributed by atoms with Crippen LogP contribution in [0.3, 0.4) is 0 Å². The number of aryl methyl sites for hydroxylation is 1. The van der Waals surface area contributed by atoms with Crippen molar-refractivity contribution in [3.63, 3.8) is 0 Å². The number of benzene rings is 1. The maximum absolute atomic E-state index is 12.4. The second kappa shape index (κ2) is 6.77. The van der Waals surface area contributed by atoms with Crippen molar-refractivity contribution >= 4 is 11.7 Å². The Balaban J connectivity index is 1.61. The number of amides is 2. The summed E-state index contributed by atoms with van der Waals surface area (Å²) in [4.78, 5) is 37.4. The van der Waals surface area contributed by atoms with E-state index in [2.05, 4.69) is 22.4 Å². The largest absolute Gasteiger partial charge is 0.344 e. The number of piperidine rings is 1. The zero-order valence-electron chi connectivity index (χ0n) is 13.5. The molecule has 8 nitrogen and oxygen atoms in total. The molecule has 1 aliphatic rings. The smallest absolute Gasteiger partial charge is 0.324 e. The van der Waals surface area contributed by atoms with Crippen molar-refractivity contribution in [2.45, 2.75) is 32.2 Å². The molecular formula is C16H21N5O3. The van der Waals surface area contributed by atoms with Crippen LogP contribution in [0.5, 0.6) is 0 Å². The third-order valence-corrected chi connectivity index (χ3v) is 4.42. The zero-order valence-corrected chi connectivity index (χ0v) is 13.5. The van der Waals surface area contributed by atoms with Crippen LogP contribution in [0.1, 0.15) is 31.4 Å². The second-order valence-electron chi connectivity index (χ2n) is 5.93. The van der Waals surface area contributed by atoms with E-state index in [1.165, 1.54) is 4.57 Å². The summed E-state index contributed by atoms with van der Waals surface area (Å²) >= 11 is 0. The Hall–Kier alpha value is -2.77. The lowest BCUT2D eigenvalue weighted by atomic mass is 10.1. The summed E-state index contributed by atoms with van der Waals surface area (Å²) in [6.07, 6.45) is 2.06. The molecule has 0 aliphatic carbocycles. The van der Waals surface area contributed by atoms with E-state index >= 15 is 0 Å². The van der Waals surface area contributed by atoms with Gasteiger partial charge in [-0.25, -0.2) is 29.1 Å². The Bertz CT molecular complexity index is 799. The van der Waals surface area contributed by atoms with E-state index in [-0.39, 0.29) is 12.1 Å².